The largest absolute Gasteiger partial charge is 0.573 e. The van der Waals surface area contributed by atoms with Gasteiger partial charge in [0.25, 0.3) is 10.0 Å². The van der Waals surface area contributed by atoms with E-state index in [9.17, 15) is 26.7 Å². The monoisotopic (exact) mass is 524 g/mol. The number of sulfonamides is 1. The number of aliphatic hydroxyl groups excluding tert-OH is 1. The van der Waals surface area contributed by atoms with E-state index >= 15 is 0 Å². The summed E-state index contributed by atoms with van der Waals surface area (Å²) in [6.07, 6.45) is -0.679. The van der Waals surface area contributed by atoms with Gasteiger partial charge in [0.05, 0.1) is 23.4 Å². The Morgan fingerprint density at radius 1 is 1.08 bits per heavy atom. The number of hydrogen-bond donors (Lipinski definition) is 3. The van der Waals surface area contributed by atoms with Crippen LogP contribution in [-0.4, -0.2) is 34.9 Å². The van der Waals surface area contributed by atoms with Crippen LogP contribution in [0, 0.1) is 0 Å². The maximum absolute atomic E-state index is 12.9. The number of nitrogens with zero attached hydrogens (tertiary/aromatic N) is 4. The fourth-order valence-electron chi connectivity index (χ4n) is 3.63. The number of aromatic nitrogens is 2. The second-order valence-corrected chi connectivity index (χ2v) is 9.21. The molecule has 15 heteroatoms. The Kier molecular flexibility index (Phi) is 6.07. The van der Waals surface area contributed by atoms with E-state index in [1.165, 1.54) is 45.3 Å². The quantitative estimate of drug-likeness (QED) is 0.461. The normalized spacial score (nSPS) is 15.2. The molecule has 3 aromatic rings. The summed E-state index contributed by atoms with van der Waals surface area (Å²) in [7, 11) is -2.38. The molecule has 0 amide bonds. The number of rotatable bonds is 5. The van der Waals surface area contributed by atoms with Crippen LogP contribution in [0.1, 0.15) is 5.56 Å². The van der Waals surface area contributed by atoms with Crippen molar-refractivity contribution in [2.45, 2.75) is 11.4 Å². The molecule has 5 N–H and O–H groups in total. The predicted octanol–water partition coefficient (Wildman–Crippen LogP) is 2.30. The highest BCUT2D eigenvalue weighted by atomic mass is 32.2. The molecule has 0 fully saturated rings. The Balaban J connectivity index is 0.00000304. The Bertz CT molecular complexity index is 1470. The van der Waals surface area contributed by atoms with Gasteiger partial charge in [-0.05, 0) is 36.4 Å². The number of alkyl halides is 3. The number of imidazole rings is 1. The van der Waals surface area contributed by atoms with E-state index in [1.54, 1.807) is 31.3 Å². The molecule has 2 aliphatic rings. The zero-order chi connectivity index (χ0) is 25.0. The SMILES string of the molecule is Cn1cnc(S(=O)(=O)NC2=CC3=C(O)N(c4ccc(OC(F)(F)F)cc4)NN3c3ccccc32)c1.O. The molecule has 0 radical (unpaired) electrons. The number of aryl methyl sites for hydroxylation is 1. The molecule has 36 heavy (non-hydrogen) atoms. The first-order chi connectivity index (χ1) is 16.5. The van der Waals surface area contributed by atoms with Crippen LogP contribution in [0.4, 0.5) is 24.5 Å². The Morgan fingerprint density at radius 3 is 2.42 bits per heavy atom. The number of benzene rings is 2. The first kappa shape index (κ1) is 24.9. The lowest BCUT2D eigenvalue weighted by atomic mass is 10.0. The zero-order valence-electron chi connectivity index (χ0n) is 18.4. The molecule has 0 unspecified atom stereocenters. The maximum atomic E-state index is 12.9. The van der Waals surface area contributed by atoms with Crippen molar-refractivity contribution in [1.29, 1.82) is 0 Å². The number of hydrazine groups is 2. The molecule has 0 atom stereocenters. The van der Waals surface area contributed by atoms with Gasteiger partial charge < -0.3 is 19.9 Å². The topological polar surface area (TPSA) is 143 Å². The summed E-state index contributed by atoms with van der Waals surface area (Å²) in [5, 5.41) is 13.5. The van der Waals surface area contributed by atoms with E-state index < -0.39 is 22.1 Å². The molecule has 0 saturated carbocycles. The van der Waals surface area contributed by atoms with Gasteiger partial charge in [0.1, 0.15) is 11.4 Å². The van der Waals surface area contributed by atoms with Gasteiger partial charge in [-0.25, -0.2) is 9.99 Å². The van der Waals surface area contributed by atoms with Gasteiger partial charge in [0, 0.05) is 18.8 Å². The van der Waals surface area contributed by atoms with Crippen molar-refractivity contribution < 1.29 is 36.9 Å². The highest BCUT2D eigenvalue weighted by Crippen LogP contribution is 2.39. The van der Waals surface area contributed by atoms with Crippen molar-refractivity contribution in [2.24, 2.45) is 7.05 Å². The highest BCUT2D eigenvalue weighted by molar-refractivity contribution is 7.89. The van der Waals surface area contributed by atoms with Gasteiger partial charge >= 0.3 is 6.36 Å². The Labute approximate surface area is 202 Å². The molecule has 0 spiro atoms. The van der Waals surface area contributed by atoms with Gasteiger partial charge in [0.15, 0.2) is 5.03 Å². The van der Waals surface area contributed by atoms with E-state index in [2.05, 4.69) is 20.0 Å². The standard InChI is InChI=1S/C21H17F3N6O4S.H2O/c1-28-11-19(25-12-28)35(32,33)26-16-10-18-20(31)29(27-30(18)17-5-3-2-4-15(16)17)13-6-8-14(9-7-13)34-21(22,23)24;/h2-12,26-27,31H,1H3;1H2. The van der Waals surface area contributed by atoms with Gasteiger partial charge in [0.2, 0.25) is 5.88 Å². The first-order valence-electron chi connectivity index (χ1n) is 9.99. The van der Waals surface area contributed by atoms with E-state index in [0.29, 0.717) is 16.9 Å². The van der Waals surface area contributed by atoms with Crippen LogP contribution >= 0.6 is 0 Å². The minimum absolute atomic E-state index is 0. The molecule has 3 heterocycles. The lowest BCUT2D eigenvalue weighted by molar-refractivity contribution is -0.274. The second kappa shape index (κ2) is 8.78. The fraction of sp³-hybridized carbons (Fsp3) is 0.0952. The van der Waals surface area contributed by atoms with E-state index in [0.717, 1.165) is 12.1 Å². The molecule has 11 nitrogen and oxygen atoms in total. The minimum Gasteiger partial charge on any atom is -0.492 e. The summed E-state index contributed by atoms with van der Waals surface area (Å²) < 4.78 is 71.0. The Hall–Kier alpha value is -4.21. The number of para-hydroxylation sites is 1. The zero-order valence-corrected chi connectivity index (χ0v) is 19.2. The summed E-state index contributed by atoms with van der Waals surface area (Å²) in [4.78, 5) is 3.88. The third-order valence-corrected chi connectivity index (χ3v) is 6.38. The van der Waals surface area contributed by atoms with Gasteiger partial charge in [-0.2, -0.15) is 8.42 Å². The number of allylic oxidation sites excluding steroid dienone is 1. The van der Waals surface area contributed by atoms with Crippen molar-refractivity contribution in [1.82, 2.24) is 19.8 Å². The summed E-state index contributed by atoms with van der Waals surface area (Å²) in [6, 6.07) is 11.7. The van der Waals surface area contributed by atoms with Crippen molar-refractivity contribution in [3.8, 4) is 5.75 Å². The third kappa shape index (κ3) is 4.53. The minimum atomic E-state index is -4.83. The van der Waals surface area contributed by atoms with Crippen LogP contribution in [0.25, 0.3) is 5.70 Å². The summed E-state index contributed by atoms with van der Waals surface area (Å²) in [5.74, 6) is -0.722. The van der Waals surface area contributed by atoms with Crippen molar-refractivity contribution in [3.63, 3.8) is 0 Å². The van der Waals surface area contributed by atoms with Crippen LogP contribution in [0.2, 0.25) is 0 Å². The highest BCUT2D eigenvalue weighted by Gasteiger charge is 2.36. The van der Waals surface area contributed by atoms with Crippen LogP contribution < -0.4 is 25.0 Å². The lowest BCUT2D eigenvalue weighted by Crippen LogP contribution is -2.43. The number of ether oxygens (including phenoxy) is 1. The molecule has 2 aromatic carbocycles. The van der Waals surface area contributed by atoms with E-state index in [4.69, 9.17) is 0 Å². The van der Waals surface area contributed by atoms with Gasteiger partial charge in [-0.3, -0.25) is 9.73 Å². The number of aliphatic hydroxyl groups is 1. The molecule has 5 rings (SSSR count). The number of nitrogens with one attached hydrogen (secondary N) is 2. The third-order valence-electron chi connectivity index (χ3n) is 5.13. The van der Waals surface area contributed by atoms with Crippen molar-refractivity contribution in [2.75, 3.05) is 10.0 Å². The number of hydrogen-bond acceptors (Lipinski definition) is 8. The van der Waals surface area contributed by atoms with Crippen LogP contribution in [0.3, 0.4) is 0 Å². The number of anilines is 2. The molecule has 0 bridgehead atoms. The van der Waals surface area contributed by atoms with Crippen LogP contribution in [-0.2, 0) is 17.1 Å². The van der Waals surface area contributed by atoms with E-state index in [1.807, 2.05) is 0 Å². The molecule has 0 aliphatic carbocycles. The number of halogens is 3. The maximum Gasteiger partial charge on any atom is 0.573 e. The smallest absolute Gasteiger partial charge is 0.492 e. The second-order valence-electron chi connectivity index (χ2n) is 7.58. The first-order valence-corrected chi connectivity index (χ1v) is 11.5. The summed E-state index contributed by atoms with van der Waals surface area (Å²) in [6.45, 7) is 0. The molecule has 1 aromatic heterocycles. The lowest BCUT2D eigenvalue weighted by Gasteiger charge is -2.29. The average molecular weight is 524 g/mol. The molecular formula is C21H19F3N6O5S. The molecular weight excluding hydrogens is 505 g/mol. The van der Waals surface area contributed by atoms with Crippen LogP contribution in [0.5, 0.6) is 5.75 Å². The van der Waals surface area contributed by atoms with Crippen molar-refractivity contribution in [3.05, 3.63) is 84.3 Å². The van der Waals surface area contributed by atoms with Gasteiger partial charge in [-0.1, -0.05) is 18.2 Å². The van der Waals surface area contributed by atoms with Gasteiger partial charge in [-0.15, -0.1) is 18.7 Å². The molecule has 0 saturated heterocycles. The summed E-state index contributed by atoms with van der Waals surface area (Å²) in [5.41, 5.74) is 4.69. The average Bonchev–Trinajstić information content (AvgIpc) is 3.38. The fourth-order valence-corrected chi connectivity index (χ4v) is 4.68. The summed E-state index contributed by atoms with van der Waals surface area (Å²) >= 11 is 0. The van der Waals surface area contributed by atoms with Crippen molar-refractivity contribution >= 4 is 27.1 Å². The predicted molar refractivity (Wildman–Crippen MR) is 122 cm³/mol. The van der Waals surface area contributed by atoms with E-state index in [-0.39, 0.29) is 27.8 Å². The molecule has 190 valence electrons. The molecule has 2 aliphatic heterocycles. The number of fused-ring (bicyclic) bond motifs is 3. The Morgan fingerprint density at radius 2 is 1.78 bits per heavy atom. The van der Waals surface area contributed by atoms with Crippen LogP contribution in [0.15, 0.2) is 83.7 Å².